The number of aliphatic carboxylic acids is 1. The molecule has 0 spiro atoms. The highest BCUT2D eigenvalue weighted by atomic mass is 19.2. The molecule has 1 rings (SSSR count). The maximum Gasteiger partial charge on any atom is 0.305 e. The summed E-state index contributed by atoms with van der Waals surface area (Å²) in [5.41, 5.74) is 5.67. The first kappa shape index (κ1) is 12.4. The Balaban J connectivity index is 3.13. The van der Waals surface area contributed by atoms with Gasteiger partial charge in [-0.25, -0.2) is 4.39 Å². The molecular weight excluding hydrogens is 220 g/mol. The average Bonchev–Trinajstić information content (AvgIpc) is 2.20. The van der Waals surface area contributed by atoms with Gasteiger partial charge in [-0.3, -0.25) is 4.79 Å². The maximum absolute atomic E-state index is 13.3. The van der Waals surface area contributed by atoms with Crippen LogP contribution in [0, 0.1) is 11.6 Å². The molecule has 16 heavy (non-hydrogen) atoms. The number of benzene rings is 1. The van der Waals surface area contributed by atoms with Gasteiger partial charge in [-0.05, 0) is 6.07 Å². The third kappa shape index (κ3) is 2.46. The van der Waals surface area contributed by atoms with E-state index in [0.717, 1.165) is 13.2 Å². The third-order valence-corrected chi connectivity index (χ3v) is 2.08. The number of ether oxygens (including phenoxy) is 1. The Labute approximate surface area is 90.6 Å². The second-order valence-electron chi connectivity index (χ2n) is 3.19. The van der Waals surface area contributed by atoms with Crippen LogP contribution in [-0.2, 0) is 4.79 Å². The maximum atomic E-state index is 13.3. The van der Waals surface area contributed by atoms with Crippen LogP contribution in [0.15, 0.2) is 12.1 Å². The zero-order valence-electron chi connectivity index (χ0n) is 8.54. The van der Waals surface area contributed by atoms with E-state index in [2.05, 4.69) is 4.74 Å². The number of hydrogen-bond acceptors (Lipinski definition) is 3. The van der Waals surface area contributed by atoms with Crippen molar-refractivity contribution in [1.82, 2.24) is 0 Å². The van der Waals surface area contributed by atoms with Gasteiger partial charge in [0, 0.05) is 11.6 Å². The van der Waals surface area contributed by atoms with Crippen molar-refractivity contribution >= 4 is 5.97 Å². The summed E-state index contributed by atoms with van der Waals surface area (Å²) >= 11 is 0. The van der Waals surface area contributed by atoms with Gasteiger partial charge in [-0.1, -0.05) is 6.07 Å². The van der Waals surface area contributed by atoms with Crippen LogP contribution in [0.4, 0.5) is 8.78 Å². The van der Waals surface area contributed by atoms with E-state index in [-0.39, 0.29) is 17.7 Å². The summed E-state index contributed by atoms with van der Waals surface area (Å²) in [6.07, 6.45) is -0.387. The second kappa shape index (κ2) is 4.89. The minimum Gasteiger partial charge on any atom is -0.493 e. The molecule has 6 heteroatoms. The van der Waals surface area contributed by atoms with Gasteiger partial charge in [0.05, 0.1) is 13.5 Å². The summed E-state index contributed by atoms with van der Waals surface area (Å²) in [4.78, 5) is 10.4. The van der Waals surface area contributed by atoms with E-state index >= 15 is 0 Å². The van der Waals surface area contributed by atoms with Gasteiger partial charge in [0.2, 0.25) is 5.82 Å². The van der Waals surface area contributed by atoms with E-state index < -0.39 is 23.6 Å². The SMILES string of the molecule is COc1c([C@@H](N)CC(=O)O)ccc(F)c1F. The molecule has 1 aromatic carbocycles. The lowest BCUT2D eigenvalue weighted by Gasteiger charge is -2.14. The molecule has 88 valence electrons. The van der Waals surface area contributed by atoms with E-state index in [1.54, 1.807) is 0 Å². The predicted molar refractivity (Wildman–Crippen MR) is 52.1 cm³/mol. The number of carboxylic acids is 1. The van der Waals surface area contributed by atoms with Crippen LogP contribution in [0.5, 0.6) is 5.75 Å². The Morgan fingerprint density at radius 1 is 1.56 bits per heavy atom. The number of carbonyl (C=O) groups is 1. The Kier molecular flexibility index (Phi) is 3.78. The van der Waals surface area contributed by atoms with Crippen molar-refractivity contribution in [3.63, 3.8) is 0 Å². The molecule has 0 radical (unpaired) electrons. The summed E-state index contributed by atoms with van der Waals surface area (Å²) in [7, 11) is 1.16. The standard InChI is InChI=1S/C10H11F2NO3/c1-16-10-5(7(13)4-8(14)15)2-3-6(11)9(10)12/h2-3,7H,4,13H2,1H3,(H,14,15)/t7-/m0/s1. The lowest BCUT2D eigenvalue weighted by molar-refractivity contribution is -0.137. The molecule has 0 aliphatic carbocycles. The molecule has 0 unspecified atom stereocenters. The van der Waals surface area contributed by atoms with Crippen molar-refractivity contribution in [1.29, 1.82) is 0 Å². The quantitative estimate of drug-likeness (QED) is 0.822. The van der Waals surface area contributed by atoms with Crippen LogP contribution in [0.3, 0.4) is 0 Å². The fraction of sp³-hybridized carbons (Fsp3) is 0.300. The minimum absolute atomic E-state index is 0.129. The fourth-order valence-electron chi connectivity index (χ4n) is 1.34. The monoisotopic (exact) mass is 231 g/mol. The Hall–Kier alpha value is -1.69. The first-order valence-electron chi connectivity index (χ1n) is 4.46. The van der Waals surface area contributed by atoms with Gasteiger partial charge >= 0.3 is 5.97 Å². The molecule has 1 atom stereocenters. The first-order chi connectivity index (χ1) is 7.47. The first-order valence-corrected chi connectivity index (χ1v) is 4.46. The third-order valence-electron chi connectivity index (χ3n) is 2.08. The van der Waals surface area contributed by atoms with Crippen molar-refractivity contribution in [2.75, 3.05) is 7.11 Å². The molecule has 0 aromatic heterocycles. The molecule has 0 fully saturated rings. The van der Waals surface area contributed by atoms with Crippen molar-refractivity contribution in [2.45, 2.75) is 12.5 Å². The van der Waals surface area contributed by atoms with E-state index in [0.29, 0.717) is 0 Å². The Bertz CT molecular complexity index is 409. The van der Waals surface area contributed by atoms with E-state index in [1.165, 1.54) is 6.07 Å². The molecule has 3 N–H and O–H groups in total. The molecule has 0 heterocycles. The van der Waals surface area contributed by atoms with E-state index in [9.17, 15) is 13.6 Å². The smallest absolute Gasteiger partial charge is 0.305 e. The molecule has 0 saturated carbocycles. The van der Waals surface area contributed by atoms with Gasteiger partial charge in [0.15, 0.2) is 11.6 Å². The van der Waals surface area contributed by atoms with Crippen LogP contribution in [0.2, 0.25) is 0 Å². The van der Waals surface area contributed by atoms with E-state index in [4.69, 9.17) is 10.8 Å². The highest BCUT2D eigenvalue weighted by molar-refractivity contribution is 5.68. The van der Waals surface area contributed by atoms with Crippen molar-refractivity contribution in [2.24, 2.45) is 5.73 Å². The normalized spacial score (nSPS) is 12.2. The number of rotatable bonds is 4. The zero-order chi connectivity index (χ0) is 12.3. The summed E-state index contributed by atoms with van der Waals surface area (Å²) < 4.78 is 30.8. The van der Waals surface area contributed by atoms with Crippen LogP contribution in [0.1, 0.15) is 18.0 Å². The molecule has 0 saturated heterocycles. The van der Waals surface area contributed by atoms with Gasteiger partial charge in [-0.15, -0.1) is 0 Å². The average molecular weight is 231 g/mol. The van der Waals surface area contributed by atoms with Gasteiger partial charge < -0.3 is 15.6 Å². The lowest BCUT2D eigenvalue weighted by Crippen LogP contribution is -2.16. The number of carboxylic acid groups (broad SMARTS) is 1. The van der Waals surface area contributed by atoms with Crippen LogP contribution in [0.25, 0.3) is 0 Å². The van der Waals surface area contributed by atoms with Crippen molar-refractivity contribution < 1.29 is 23.4 Å². The summed E-state index contributed by atoms with van der Waals surface area (Å²) in [6.45, 7) is 0. The van der Waals surface area contributed by atoms with Crippen LogP contribution < -0.4 is 10.5 Å². The summed E-state index contributed by atoms with van der Waals surface area (Å²) in [6, 6.07) is 1.15. The van der Waals surface area contributed by atoms with E-state index in [1.807, 2.05) is 0 Å². The topological polar surface area (TPSA) is 72.5 Å². The highest BCUT2D eigenvalue weighted by Crippen LogP contribution is 2.29. The summed E-state index contributed by atoms with van der Waals surface area (Å²) in [5, 5.41) is 8.54. The highest BCUT2D eigenvalue weighted by Gasteiger charge is 2.20. The minimum atomic E-state index is -1.17. The largest absolute Gasteiger partial charge is 0.493 e. The Morgan fingerprint density at radius 3 is 2.69 bits per heavy atom. The number of hydrogen-bond donors (Lipinski definition) is 2. The molecule has 0 bridgehead atoms. The fourth-order valence-corrected chi connectivity index (χ4v) is 1.34. The van der Waals surface area contributed by atoms with Gasteiger partial charge in [0.1, 0.15) is 0 Å². The molecule has 0 aliphatic rings. The van der Waals surface area contributed by atoms with Gasteiger partial charge in [0.25, 0.3) is 0 Å². The molecule has 0 aliphatic heterocycles. The Morgan fingerprint density at radius 2 is 2.19 bits per heavy atom. The summed E-state index contributed by atoms with van der Waals surface area (Å²) in [5.74, 6) is -3.71. The molecule has 1 aromatic rings. The second-order valence-corrected chi connectivity index (χ2v) is 3.19. The predicted octanol–water partition coefficient (Wildman–Crippen LogP) is 1.45. The zero-order valence-corrected chi connectivity index (χ0v) is 8.54. The molecular formula is C10H11F2NO3. The number of methoxy groups -OCH3 is 1. The lowest BCUT2D eigenvalue weighted by atomic mass is 10.0. The molecule has 0 amide bonds. The van der Waals surface area contributed by atoms with Crippen molar-refractivity contribution in [3.8, 4) is 5.75 Å². The number of halogens is 2. The molecule has 4 nitrogen and oxygen atoms in total. The van der Waals surface area contributed by atoms with Crippen LogP contribution >= 0.6 is 0 Å². The van der Waals surface area contributed by atoms with Crippen LogP contribution in [-0.4, -0.2) is 18.2 Å². The van der Waals surface area contributed by atoms with Gasteiger partial charge in [-0.2, -0.15) is 4.39 Å². The number of nitrogens with two attached hydrogens (primary N) is 1. The van der Waals surface area contributed by atoms with Crippen molar-refractivity contribution in [3.05, 3.63) is 29.3 Å².